The summed E-state index contributed by atoms with van der Waals surface area (Å²) < 4.78 is 7.98. The molecule has 128 valence electrons. The summed E-state index contributed by atoms with van der Waals surface area (Å²) in [5.41, 5.74) is 1.24. The van der Waals surface area contributed by atoms with Gasteiger partial charge in [-0.1, -0.05) is 0 Å². The van der Waals surface area contributed by atoms with Crippen LogP contribution < -0.4 is 15.3 Å². The van der Waals surface area contributed by atoms with Crippen molar-refractivity contribution in [3.05, 3.63) is 40.9 Å². The van der Waals surface area contributed by atoms with Gasteiger partial charge in [0, 0.05) is 11.8 Å². The molecule has 0 amide bonds. The van der Waals surface area contributed by atoms with Gasteiger partial charge in [0.05, 0.1) is 19.9 Å². The van der Waals surface area contributed by atoms with Crippen LogP contribution in [-0.2, 0) is 6.54 Å². The van der Waals surface area contributed by atoms with Gasteiger partial charge in [-0.15, -0.1) is 9.89 Å². The average Bonchev–Trinajstić information content (AvgIpc) is 3.23. The molecule has 0 unspecified atom stereocenters. The van der Waals surface area contributed by atoms with E-state index in [0.717, 1.165) is 37.0 Å². The van der Waals surface area contributed by atoms with Gasteiger partial charge < -0.3 is 14.8 Å². The summed E-state index contributed by atoms with van der Waals surface area (Å²) >= 11 is 0. The SMILES string of the molecule is COc1ccc(-c2cn(CC=NO)c(=O)n2OC2CCCC2)cc1. The number of hydrogen-bond donors (Lipinski definition) is 1. The summed E-state index contributed by atoms with van der Waals surface area (Å²) in [7, 11) is 1.61. The minimum atomic E-state index is -0.285. The molecule has 1 N–H and O–H groups in total. The number of methoxy groups -OCH3 is 1. The second-order valence-electron chi connectivity index (χ2n) is 5.78. The molecule has 1 aliphatic rings. The number of benzene rings is 1. The zero-order valence-corrected chi connectivity index (χ0v) is 13.6. The second-order valence-corrected chi connectivity index (χ2v) is 5.78. The summed E-state index contributed by atoms with van der Waals surface area (Å²) in [6.45, 7) is 0.180. The first-order valence-electron chi connectivity index (χ1n) is 8.02. The molecule has 1 aromatic carbocycles. The zero-order chi connectivity index (χ0) is 16.9. The lowest BCUT2D eigenvalue weighted by molar-refractivity contribution is 0.0373. The van der Waals surface area contributed by atoms with E-state index in [4.69, 9.17) is 14.8 Å². The van der Waals surface area contributed by atoms with E-state index in [1.165, 1.54) is 15.5 Å². The molecule has 0 saturated heterocycles. The molecule has 7 heteroatoms. The number of oxime groups is 1. The van der Waals surface area contributed by atoms with Crippen LogP contribution in [0.1, 0.15) is 25.7 Å². The molecular weight excluding hydrogens is 310 g/mol. The molecule has 2 aromatic rings. The predicted octanol–water partition coefficient (Wildman–Crippen LogP) is 2.16. The Kier molecular flexibility index (Phi) is 4.88. The normalized spacial score (nSPS) is 15.2. The van der Waals surface area contributed by atoms with Crippen molar-refractivity contribution >= 4 is 6.21 Å². The Labute approximate surface area is 139 Å². The van der Waals surface area contributed by atoms with Crippen molar-refractivity contribution in [3.8, 4) is 17.0 Å². The van der Waals surface area contributed by atoms with E-state index in [1.54, 1.807) is 13.3 Å². The third-order valence-electron chi connectivity index (χ3n) is 4.22. The Morgan fingerprint density at radius 3 is 2.62 bits per heavy atom. The molecule has 7 nitrogen and oxygen atoms in total. The van der Waals surface area contributed by atoms with Crippen LogP contribution in [0.3, 0.4) is 0 Å². The van der Waals surface area contributed by atoms with Crippen molar-refractivity contribution in [1.82, 2.24) is 9.30 Å². The molecule has 0 spiro atoms. The van der Waals surface area contributed by atoms with Gasteiger partial charge in [-0.3, -0.25) is 4.57 Å². The van der Waals surface area contributed by atoms with Crippen LogP contribution in [0.15, 0.2) is 40.4 Å². The molecule has 1 saturated carbocycles. The second kappa shape index (κ2) is 7.25. The van der Waals surface area contributed by atoms with Gasteiger partial charge in [0.1, 0.15) is 17.5 Å². The third kappa shape index (κ3) is 3.29. The number of nitrogens with zero attached hydrogens (tertiary/aromatic N) is 3. The van der Waals surface area contributed by atoms with Gasteiger partial charge in [0.15, 0.2) is 0 Å². The minimum Gasteiger partial charge on any atom is -0.497 e. The highest BCUT2D eigenvalue weighted by atomic mass is 16.7. The number of hydrogen-bond acceptors (Lipinski definition) is 5. The van der Waals surface area contributed by atoms with E-state index in [9.17, 15) is 4.79 Å². The number of rotatable bonds is 6. The van der Waals surface area contributed by atoms with Crippen molar-refractivity contribution in [2.45, 2.75) is 38.3 Å². The summed E-state index contributed by atoms with van der Waals surface area (Å²) in [6.07, 6.45) is 7.18. The van der Waals surface area contributed by atoms with Crippen LogP contribution in [0, 0.1) is 0 Å². The van der Waals surface area contributed by atoms with Crippen LogP contribution >= 0.6 is 0 Å². The molecule has 1 fully saturated rings. The molecule has 0 radical (unpaired) electrons. The molecule has 24 heavy (non-hydrogen) atoms. The van der Waals surface area contributed by atoms with Gasteiger partial charge in [-0.05, 0) is 49.9 Å². The van der Waals surface area contributed by atoms with Crippen molar-refractivity contribution in [1.29, 1.82) is 0 Å². The first-order valence-corrected chi connectivity index (χ1v) is 8.02. The summed E-state index contributed by atoms with van der Waals surface area (Å²) in [6, 6.07) is 7.44. The van der Waals surface area contributed by atoms with Gasteiger partial charge in [-0.25, -0.2) is 4.79 Å². The number of aromatic nitrogens is 2. The first-order chi connectivity index (χ1) is 11.7. The summed E-state index contributed by atoms with van der Waals surface area (Å²) in [5, 5.41) is 11.6. The third-order valence-corrected chi connectivity index (χ3v) is 4.22. The van der Waals surface area contributed by atoms with E-state index in [0.29, 0.717) is 5.69 Å². The maximum absolute atomic E-state index is 12.6. The average molecular weight is 331 g/mol. The fourth-order valence-electron chi connectivity index (χ4n) is 2.93. The zero-order valence-electron chi connectivity index (χ0n) is 13.6. The van der Waals surface area contributed by atoms with Crippen molar-refractivity contribution < 1.29 is 14.8 Å². The van der Waals surface area contributed by atoms with Gasteiger partial charge in [0.25, 0.3) is 0 Å². The maximum atomic E-state index is 12.6. The fourth-order valence-corrected chi connectivity index (χ4v) is 2.93. The Hall–Kier alpha value is -2.70. The first kappa shape index (κ1) is 16.2. The smallest absolute Gasteiger partial charge is 0.362 e. The molecule has 1 aromatic heterocycles. The van der Waals surface area contributed by atoms with Crippen LogP contribution in [-0.4, -0.2) is 33.9 Å². The lowest BCUT2D eigenvalue weighted by Crippen LogP contribution is -2.34. The Bertz CT molecular complexity index is 755. The van der Waals surface area contributed by atoms with E-state index in [2.05, 4.69) is 5.16 Å². The van der Waals surface area contributed by atoms with Gasteiger partial charge in [0.2, 0.25) is 0 Å². The van der Waals surface area contributed by atoms with Crippen molar-refractivity contribution in [2.75, 3.05) is 7.11 Å². The van der Waals surface area contributed by atoms with E-state index >= 15 is 0 Å². The minimum absolute atomic E-state index is 0.0575. The van der Waals surface area contributed by atoms with Crippen molar-refractivity contribution in [2.24, 2.45) is 5.16 Å². The van der Waals surface area contributed by atoms with E-state index in [-0.39, 0.29) is 18.3 Å². The van der Waals surface area contributed by atoms with Crippen LogP contribution in [0.4, 0.5) is 0 Å². The molecule has 1 heterocycles. The fraction of sp³-hybridized carbons (Fsp3) is 0.412. The quantitative estimate of drug-likeness (QED) is 0.500. The van der Waals surface area contributed by atoms with E-state index < -0.39 is 0 Å². The molecule has 3 rings (SSSR count). The lowest BCUT2D eigenvalue weighted by atomic mass is 10.1. The van der Waals surface area contributed by atoms with Crippen LogP contribution in [0.2, 0.25) is 0 Å². The summed E-state index contributed by atoms with van der Waals surface area (Å²) in [4.78, 5) is 18.6. The number of imidazole rings is 1. The highest BCUT2D eigenvalue weighted by molar-refractivity contribution is 5.61. The highest BCUT2D eigenvalue weighted by Gasteiger charge is 2.21. The molecule has 1 aliphatic carbocycles. The van der Waals surface area contributed by atoms with E-state index in [1.807, 2.05) is 24.3 Å². The molecule has 0 atom stereocenters. The van der Waals surface area contributed by atoms with Crippen molar-refractivity contribution in [3.63, 3.8) is 0 Å². The van der Waals surface area contributed by atoms with Crippen LogP contribution in [0.5, 0.6) is 5.75 Å². The summed E-state index contributed by atoms with van der Waals surface area (Å²) in [5.74, 6) is 0.746. The standard InChI is InChI=1S/C17H21N3O4/c1-23-14-8-6-13(7-9-14)16-12-19(11-10-18-22)17(21)20(16)24-15-4-2-3-5-15/h6-10,12,15,22H,2-5,11H2,1H3. The monoisotopic (exact) mass is 331 g/mol. The maximum Gasteiger partial charge on any atom is 0.362 e. The molecule has 0 aliphatic heterocycles. The molecular formula is C17H21N3O4. The predicted molar refractivity (Wildman–Crippen MR) is 89.8 cm³/mol. The Balaban J connectivity index is 1.99. The highest BCUT2D eigenvalue weighted by Crippen LogP contribution is 2.24. The number of ether oxygens (including phenoxy) is 1. The molecule has 0 bridgehead atoms. The topological polar surface area (TPSA) is 78.0 Å². The Morgan fingerprint density at radius 1 is 1.29 bits per heavy atom. The largest absolute Gasteiger partial charge is 0.497 e. The Morgan fingerprint density at radius 2 is 2.00 bits per heavy atom. The lowest BCUT2D eigenvalue weighted by Gasteiger charge is -2.14. The van der Waals surface area contributed by atoms with Gasteiger partial charge >= 0.3 is 5.69 Å². The van der Waals surface area contributed by atoms with Crippen LogP contribution in [0.25, 0.3) is 11.3 Å². The van der Waals surface area contributed by atoms with Gasteiger partial charge in [-0.2, -0.15) is 0 Å².